The van der Waals surface area contributed by atoms with Gasteiger partial charge in [0, 0.05) is 48.2 Å². The van der Waals surface area contributed by atoms with Crippen LogP contribution in [0.3, 0.4) is 0 Å². The fourth-order valence-corrected chi connectivity index (χ4v) is 4.83. The van der Waals surface area contributed by atoms with Crippen molar-refractivity contribution < 1.29 is 28.5 Å². The first kappa shape index (κ1) is 28.1. The van der Waals surface area contributed by atoms with Gasteiger partial charge in [0.1, 0.15) is 12.5 Å². The number of fused-ring (bicyclic) bond motifs is 1. The van der Waals surface area contributed by atoms with Crippen LogP contribution in [0.15, 0.2) is 36.4 Å². The van der Waals surface area contributed by atoms with Crippen molar-refractivity contribution >= 4 is 29.1 Å². The third-order valence-electron chi connectivity index (χ3n) is 6.40. The van der Waals surface area contributed by atoms with Gasteiger partial charge in [0.25, 0.3) is 5.91 Å². The molecule has 2 aromatic carbocycles. The van der Waals surface area contributed by atoms with E-state index in [0.29, 0.717) is 56.4 Å². The van der Waals surface area contributed by atoms with Gasteiger partial charge in [-0.2, -0.15) is 0 Å². The average molecular weight is 552 g/mol. The van der Waals surface area contributed by atoms with E-state index in [1.165, 1.54) is 0 Å². The molecule has 0 spiro atoms. The molecule has 0 radical (unpaired) electrons. The molecule has 2 heterocycles. The molecule has 2 aliphatic heterocycles. The molecule has 1 saturated heterocycles. The number of ether oxygens (including phenoxy) is 5. The van der Waals surface area contributed by atoms with Crippen molar-refractivity contribution in [1.82, 2.24) is 4.90 Å². The van der Waals surface area contributed by atoms with Gasteiger partial charge in [0.05, 0.1) is 26.4 Å². The second-order valence-electron chi connectivity index (χ2n) is 9.71. The first-order valence-electron chi connectivity index (χ1n) is 12.8. The number of hydrogen-bond donors (Lipinski definition) is 0. The van der Waals surface area contributed by atoms with Gasteiger partial charge in [-0.3, -0.25) is 4.79 Å². The molecule has 2 aliphatic rings. The number of benzene rings is 2. The molecule has 202 valence electrons. The zero-order valence-electron chi connectivity index (χ0n) is 21.5. The second kappa shape index (κ2) is 13.3. The predicted molar refractivity (Wildman–Crippen MR) is 142 cm³/mol. The monoisotopic (exact) mass is 551 g/mol. The van der Waals surface area contributed by atoms with Crippen LogP contribution in [0.25, 0.3) is 0 Å². The number of halogens is 2. The van der Waals surface area contributed by atoms with E-state index < -0.39 is 11.9 Å². The SMILES string of the molecule is CC1(C)OCc2cc([C@H]3OCN(CCCCCCOCCOCc4c(Cl)cccc4Cl)C3=O)ccc2O1. The summed E-state index contributed by atoms with van der Waals surface area (Å²) in [5.41, 5.74) is 2.58. The summed E-state index contributed by atoms with van der Waals surface area (Å²) in [6.45, 7) is 7.31. The normalized spacial score (nSPS) is 18.6. The van der Waals surface area contributed by atoms with Crippen molar-refractivity contribution in [3.05, 3.63) is 63.1 Å². The van der Waals surface area contributed by atoms with E-state index in [4.69, 9.17) is 46.9 Å². The maximum Gasteiger partial charge on any atom is 0.258 e. The third kappa shape index (κ3) is 7.82. The number of carbonyl (C=O) groups is 1. The Morgan fingerprint density at radius 3 is 2.57 bits per heavy atom. The molecule has 1 fully saturated rings. The van der Waals surface area contributed by atoms with Crippen LogP contribution < -0.4 is 4.74 Å². The molecule has 7 nitrogen and oxygen atoms in total. The first-order chi connectivity index (χ1) is 17.8. The molecule has 0 aromatic heterocycles. The van der Waals surface area contributed by atoms with Crippen molar-refractivity contribution in [2.24, 2.45) is 0 Å². The molecular weight excluding hydrogens is 517 g/mol. The first-order valence-corrected chi connectivity index (χ1v) is 13.5. The summed E-state index contributed by atoms with van der Waals surface area (Å²) >= 11 is 12.3. The minimum Gasteiger partial charge on any atom is -0.463 e. The van der Waals surface area contributed by atoms with Gasteiger partial charge in [-0.15, -0.1) is 0 Å². The Hall–Kier alpha value is -1.87. The maximum atomic E-state index is 12.9. The molecule has 1 atom stereocenters. The molecule has 0 N–H and O–H groups in total. The molecule has 1 amide bonds. The highest BCUT2D eigenvalue weighted by molar-refractivity contribution is 6.35. The van der Waals surface area contributed by atoms with Crippen LogP contribution in [0.4, 0.5) is 0 Å². The van der Waals surface area contributed by atoms with E-state index in [2.05, 4.69) is 0 Å². The molecule has 2 aromatic rings. The van der Waals surface area contributed by atoms with Crippen LogP contribution in [-0.4, -0.2) is 49.7 Å². The average Bonchev–Trinajstić information content (AvgIpc) is 3.23. The van der Waals surface area contributed by atoms with Crippen LogP contribution in [0.5, 0.6) is 5.75 Å². The molecular formula is C28H35Cl2NO6. The number of hydrogen-bond acceptors (Lipinski definition) is 6. The van der Waals surface area contributed by atoms with Gasteiger partial charge in [0.2, 0.25) is 5.79 Å². The van der Waals surface area contributed by atoms with Crippen molar-refractivity contribution in [3.8, 4) is 5.75 Å². The third-order valence-corrected chi connectivity index (χ3v) is 7.11. The number of unbranched alkanes of at least 4 members (excludes halogenated alkanes) is 3. The summed E-state index contributed by atoms with van der Waals surface area (Å²) in [5, 5.41) is 1.22. The van der Waals surface area contributed by atoms with Gasteiger partial charge >= 0.3 is 0 Å². The molecule has 0 unspecified atom stereocenters. The van der Waals surface area contributed by atoms with E-state index in [1.54, 1.807) is 17.0 Å². The number of amides is 1. The lowest BCUT2D eigenvalue weighted by atomic mass is 10.0. The maximum absolute atomic E-state index is 12.9. The summed E-state index contributed by atoms with van der Waals surface area (Å²) in [6, 6.07) is 11.2. The van der Waals surface area contributed by atoms with E-state index >= 15 is 0 Å². The minimum atomic E-state index is -0.640. The Kier molecular flexibility index (Phi) is 10.1. The van der Waals surface area contributed by atoms with Crippen molar-refractivity contribution in [3.63, 3.8) is 0 Å². The lowest BCUT2D eigenvalue weighted by Gasteiger charge is -2.32. The molecule has 0 aliphatic carbocycles. The highest BCUT2D eigenvalue weighted by atomic mass is 35.5. The summed E-state index contributed by atoms with van der Waals surface area (Å²) < 4.78 is 28.7. The Bertz CT molecular complexity index is 1040. The highest BCUT2D eigenvalue weighted by Crippen LogP contribution is 2.35. The topological polar surface area (TPSA) is 66.5 Å². The number of carbonyl (C=O) groups excluding carboxylic acids is 1. The van der Waals surface area contributed by atoms with Gasteiger partial charge in [0.15, 0.2) is 6.10 Å². The van der Waals surface area contributed by atoms with Crippen LogP contribution in [-0.2, 0) is 37.0 Å². The Morgan fingerprint density at radius 2 is 1.76 bits per heavy atom. The molecule has 0 saturated carbocycles. The Morgan fingerprint density at radius 1 is 1.00 bits per heavy atom. The van der Waals surface area contributed by atoms with E-state index in [0.717, 1.165) is 48.1 Å². The number of nitrogens with zero attached hydrogens (tertiary/aromatic N) is 1. The predicted octanol–water partition coefficient (Wildman–Crippen LogP) is 6.29. The fraction of sp³-hybridized carbons (Fsp3) is 0.536. The minimum absolute atomic E-state index is 0.0133. The van der Waals surface area contributed by atoms with Gasteiger partial charge in [-0.05, 0) is 42.7 Å². The zero-order valence-corrected chi connectivity index (χ0v) is 23.0. The van der Waals surface area contributed by atoms with Crippen LogP contribution in [0.2, 0.25) is 10.0 Å². The second-order valence-corrected chi connectivity index (χ2v) is 10.5. The Labute approximate surface area is 228 Å². The summed E-state index contributed by atoms with van der Waals surface area (Å²) in [4.78, 5) is 14.7. The fourth-order valence-electron chi connectivity index (χ4n) is 4.32. The van der Waals surface area contributed by atoms with Gasteiger partial charge in [-0.1, -0.05) is 48.2 Å². The number of rotatable bonds is 13. The van der Waals surface area contributed by atoms with Crippen LogP contribution >= 0.6 is 23.2 Å². The van der Waals surface area contributed by atoms with E-state index in [9.17, 15) is 4.79 Å². The van der Waals surface area contributed by atoms with Gasteiger partial charge < -0.3 is 28.6 Å². The Balaban J connectivity index is 1.05. The smallest absolute Gasteiger partial charge is 0.258 e. The molecule has 0 bridgehead atoms. The van der Waals surface area contributed by atoms with Crippen molar-refractivity contribution in [2.75, 3.05) is 33.1 Å². The largest absolute Gasteiger partial charge is 0.463 e. The summed E-state index contributed by atoms with van der Waals surface area (Å²) in [5.74, 6) is 0.165. The highest BCUT2D eigenvalue weighted by Gasteiger charge is 2.35. The van der Waals surface area contributed by atoms with E-state index in [-0.39, 0.29) is 5.91 Å². The molecule has 37 heavy (non-hydrogen) atoms. The summed E-state index contributed by atoms with van der Waals surface area (Å²) in [6.07, 6.45) is 3.42. The van der Waals surface area contributed by atoms with Crippen molar-refractivity contribution in [2.45, 2.75) is 64.6 Å². The summed E-state index contributed by atoms with van der Waals surface area (Å²) in [7, 11) is 0. The quantitative estimate of drug-likeness (QED) is 0.272. The van der Waals surface area contributed by atoms with Crippen LogP contribution in [0.1, 0.15) is 62.3 Å². The van der Waals surface area contributed by atoms with Crippen molar-refractivity contribution in [1.29, 1.82) is 0 Å². The lowest BCUT2D eigenvalue weighted by molar-refractivity contribution is -0.180. The molecule has 9 heteroatoms. The zero-order chi connectivity index (χ0) is 26.3. The standard InChI is InChI=1S/C28H35Cl2NO6/c1-28(2)36-17-21-16-20(10-11-25(21)37-28)26-27(32)31(19-35-26)12-5-3-4-6-13-33-14-15-34-18-22-23(29)8-7-9-24(22)30/h7-11,16,26H,3-6,12-15,17-19H2,1-2H3/t26-/m1/s1. The van der Waals surface area contributed by atoms with Gasteiger partial charge in [-0.25, -0.2) is 0 Å². The lowest BCUT2D eigenvalue weighted by Crippen LogP contribution is -2.35. The van der Waals surface area contributed by atoms with Crippen LogP contribution in [0, 0.1) is 0 Å². The van der Waals surface area contributed by atoms with E-state index in [1.807, 2.05) is 38.1 Å². The molecule has 4 rings (SSSR count).